The molecule has 0 spiro atoms. The molecule has 6 nitrogen and oxygen atoms in total. The van der Waals surface area contributed by atoms with E-state index < -0.39 is 0 Å². The molecule has 4 rings (SSSR count). The predicted octanol–water partition coefficient (Wildman–Crippen LogP) is 4.83. The Morgan fingerprint density at radius 2 is 1.93 bits per heavy atom. The van der Waals surface area contributed by atoms with Crippen LogP contribution in [0.1, 0.15) is 41.6 Å². The molecule has 0 radical (unpaired) electrons. The fraction of sp³-hybridized carbons (Fsp3) is 0.478. The molecular weight excluding hydrogens is 398 g/mol. The summed E-state index contributed by atoms with van der Waals surface area (Å²) in [6, 6.07) is 5.44. The van der Waals surface area contributed by atoms with Gasteiger partial charge in [0.2, 0.25) is 5.88 Å². The van der Waals surface area contributed by atoms with Crippen molar-refractivity contribution in [3.63, 3.8) is 0 Å². The second-order valence-corrected chi connectivity index (χ2v) is 9.32. The first-order valence-electron chi connectivity index (χ1n) is 10.4. The van der Waals surface area contributed by atoms with Crippen LogP contribution in [0.25, 0.3) is 10.2 Å². The molecule has 1 aliphatic heterocycles. The Labute approximate surface area is 181 Å². The maximum atomic E-state index is 9.41. The van der Waals surface area contributed by atoms with Crippen molar-refractivity contribution in [2.45, 2.75) is 46.8 Å². The van der Waals surface area contributed by atoms with E-state index in [1.54, 1.807) is 24.5 Å². The number of piperidine rings is 1. The van der Waals surface area contributed by atoms with Crippen molar-refractivity contribution in [3.8, 4) is 17.4 Å². The van der Waals surface area contributed by atoms with Crippen LogP contribution in [0.3, 0.4) is 0 Å². The van der Waals surface area contributed by atoms with E-state index in [-0.39, 0.29) is 6.61 Å². The Hall–Kier alpha value is -2.22. The van der Waals surface area contributed by atoms with Gasteiger partial charge in [-0.3, -0.25) is 4.90 Å². The minimum absolute atomic E-state index is 0.0458. The first-order valence-corrected chi connectivity index (χ1v) is 11.2. The van der Waals surface area contributed by atoms with E-state index in [0.29, 0.717) is 17.4 Å². The van der Waals surface area contributed by atoms with Crippen LogP contribution in [-0.4, -0.2) is 40.2 Å². The van der Waals surface area contributed by atoms with Gasteiger partial charge >= 0.3 is 0 Å². The molecule has 0 atom stereocenters. The van der Waals surface area contributed by atoms with Crippen LogP contribution < -0.4 is 9.47 Å². The number of fused-ring (bicyclic) bond motifs is 1. The second kappa shape index (κ2) is 8.88. The van der Waals surface area contributed by atoms with Gasteiger partial charge in [-0.25, -0.2) is 4.98 Å². The van der Waals surface area contributed by atoms with E-state index in [1.807, 2.05) is 12.1 Å². The van der Waals surface area contributed by atoms with E-state index in [1.165, 1.54) is 17.7 Å². The topological polar surface area (TPSA) is 67.7 Å². The molecule has 160 valence electrons. The lowest BCUT2D eigenvalue weighted by atomic mass is 9.99. The van der Waals surface area contributed by atoms with Gasteiger partial charge in [0.15, 0.2) is 11.5 Å². The molecule has 7 heteroatoms. The van der Waals surface area contributed by atoms with Crippen molar-refractivity contribution in [3.05, 3.63) is 40.0 Å². The molecule has 1 aliphatic rings. The number of aliphatic hydroxyl groups is 1. The first kappa shape index (κ1) is 21.0. The summed E-state index contributed by atoms with van der Waals surface area (Å²) in [5.41, 5.74) is 1.92. The molecule has 0 amide bonds. The number of hydrogen-bond donors (Lipinski definition) is 1. The maximum Gasteiger partial charge on any atom is 0.231 e. The van der Waals surface area contributed by atoms with Gasteiger partial charge in [0, 0.05) is 4.88 Å². The summed E-state index contributed by atoms with van der Waals surface area (Å²) in [5.74, 6) is 3.30. The van der Waals surface area contributed by atoms with Gasteiger partial charge in [-0.1, -0.05) is 13.0 Å². The molecule has 0 unspecified atom stereocenters. The lowest BCUT2D eigenvalue weighted by molar-refractivity contribution is 0.181. The molecule has 0 aliphatic carbocycles. The van der Waals surface area contributed by atoms with Crippen LogP contribution in [0, 0.1) is 19.8 Å². The number of ether oxygens (including phenoxy) is 2. The van der Waals surface area contributed by atoms with Crippen molar-refractivity contribution >= 4 is 21.6 Å². The van der Waals surface area contributed by atoms with Gasteiger partial charge in [0.25, 0.3) is 0 Å². The average molecular weight is 428 g/mol. The number of hydrogen-bond acceptors (Lipinski definition) is 7. The van der Waals surface area contributed by atoms with Crippen LogP contribution in [0.2, 0.25) is 0 Å². The molecule has 3 aromatic rings. The van der Waals surface area contributed by atoms with E-state index in [2.05, 4.69) is 25.7 Å². The summed E-state index contributed by atoms with van der Waals surface area (Å²) in [7, 11) is 1.60. The summed E-state index contributed by atoms with van der Waals surface area (Å²) in [6.45, 7) is 9.36. The van der Waals surface area contributed by atoms with Crippen molar-refractivity contribution < 1.29 is 14.6 Å². The van der Waals surface area contributed by atoms with Crippen LogP contribution in [0.15, 0.2) is 18.2 Å². The van der Waals surface area contributed by atoms with E-state index in [0.717, 1.165) is 52.7 Å². The number of benzene rings is 1. The van der Waals surface area contributed by atoms with Gasteiger partial charge in [0.1, 0.15) is 10.7 Å². The van der Waals surface area contributed by atoms with Crippen molar-refractivity contribution in [2.24, 2.45) is 5.92 Å². The summed E-state index contributed by atoms with van der Waals surface area (Å²) in [4.78, 5) is 14.3. The highest BCUT2D eigenvalue weighted by atomic mass is 32.1. The highest BCUT2D eigenvalue weighted by molar-refractivity contribution is 7.18. The number of rotatable bonds is 6. The number of aryl methyl sites for hydroxylation is 2. The third kappa shape index (κ3) is 4.29. The standard InChI is InChI=1S/C23H29N3O3S/c1-14-7-9-26(10-8-14)12-20-24-22(21-15(2)16(3)30-23(21)25-20)29-18-6-5-17(13-27)11-19(18)28-4/h5-6,11,14,27H,7-10,12-13H2,1-4H3. The third-order valence-corrected chi connectivity index (χ3v) is 7.00. The molecule has 2 aromatic heterocycles. The second-order valence-electron chi connectivity index (χ2n) is 8.11. The smallest absolute Gasteiger partial charge is 0.231 e. The lowest BCUT2D eigenvalue weighted by Gasteiger charge is -2.29. The number of aliphatic hydroxyl groups excluding tert-OH is 1. The highest BCUT2D eigenvalue weighted by Gasteiger charge is 2.21. The monoisotopic (exact) mass is 427 g/mol. The Morgan fingerprint density at radius 3 is 2.63 bits per heavy atom. The lowest BCUT2D eigenvalue weighted by Crippen LogP contribution is -2.32. The molecule has 1 saturated heterocycles. The number of methoxy groups -OCH3 is 1. The Bertz CT molecular complexity index is 1040. The third-order valence-electron chi connectivity index (χ3n) is 5.90. The molecule has 0 saturated carbocycles. The molecule has 1 N–H and O–H groups in total. The highest BCUT2D eigenvalue weighted by Crippen LogP contribution is 2.39. The van der Waals surface area contributed by atoms with Crippen molar-refractivity contribution in [1.82, 2.24) is 14.9 Å². The quantitative estimate of drug-likeness (QED) is 0.608. The minimum Gasteiger partial charge on any atom is -0.493 e. The van der Waals surface area contributed by atoms with E-state index in [4.69, 9.17) is 19.4 Å². The zero-order valence-electron chi connectivity index (χ0n) is 18.1. The zero-order chi connectivity index (χ0) is 21.3. The summed E-state index contributed by atoms with van der Waals surface area (Å²) < 4.78 is 11.8. The summed E-state index contributed by atoms with van der Waals surface area (Å²) >= 11 is 1.68. The number of thiophene rings is 1. The van der Waals surface area contributed by atoms with Crippen molar-refractivity contribution in [2.75, 3.05) is 20.2 Å². The molecule has 1 aromatic carbocycles. The van der Waals surface area contributed by atoms with Gasteiger partial charge < -0.3 is 14.6 Å². The minimum atomic E-state index is -0.0458. The molecule has 30 heavy (non-hydrogen) atoms. The molecule has 0 bridgehead atoms. The normalized spacial score (nSPS) is 15.6. The Morgan fingerprint density at radius 1 is 1.17 bits per heavy atom. The molecule has 1 fully saturated rings. The van der Waals surface area contributed by atoms with Gasteiger partial charge in [-0.05, 0) is 69.0 Å². The fourth-order valence-electron chi connectivity index (χ4n) is 3.82. The fourth-order valence-corrected chi connectivity index (χ4v) is 4.86. The zero-order valence-corrected chi connectivity index (χ0v) is 18.9. The number of aromatic nitrogens is 2. The van der Waals surface area contributed by atoms with Crippen LogP contribution in [0.5, 0.6) is 17.4 Å². The Kier molecular flexibility index (Phi) is 6.22. The van der Waals surface area contributed by atoms with Crippen LogP contribution >= 0.6 is 11.3 Å². The summed E-state index contributed by atoms with van der Waals surface area (Å²) in [5, 5.41) is 10.4. The SMILES string of the molecule is COc1cc(CO)ccc1Oc1nc(CN2CCC(C)CC2)nc2sc(C)c(C)c12. The van der Waals surface area contributed by atoms with Gasteiger partial charge in [-0.15, -0.1) is 11.3 Å². The number of likely N-dealkylation sites (tertiary alicyclic amines) is 1. The van der Waals surface area contributed by atoms with Gasteiger partial charge in [0.05, 0.1) is 25.6 Å². The van der Waals surface area contributed by atoms with Crippen LogP contribution in [0.4, 0.5) is 0 Å². The van der Waals surface area contributed by atoms with Gasteiger partial charge in [-0.2, -0.15) is 4.98 Å². The summed E-state index contributed by atoms with van der Waals surface area (Å²) in [6.07, 6.45) is 2.44. The predicted molar refractivity (Wildman–Crippen MR) is 120 cm³/mol. The largest absolute Gasteiger partial charge is 0.493 e. The Balaban J connectivity index is 1.70. The van der Waals surface area contributed by atoms with E-state index in [9.17, 15) is 5.11 Å². The molecule has 3 heterocycles. The first-order chi connectivity index (χ1) is 14.5. The van der Waals surface area contributed by atoms with Crippen molar-refractivity contribution in [1.29, 1.82) is 0 Å². The number of nitrogens with zero attached hydrogens (tertiary/aromatic N) is 3. The molecular formula is C23H29N3O3S. The maximum absolute atomic E-state index is 9.41. The average Bonchev–Trinajstić information content (AvgIpc) is 3.03. The van der Waals surface area contributed by atoms with E-state index >= 15 is 0 Å². The van der Waals surface area contributed by atoms with Crippen LogP contribution in [-0.2, 0) is 13.2 Å².